The maximum absolute atomic E-state index is 10.4. The Balaban J connectivity index is 4.07. The summed E-state index contributed by atoms with van der Waals surface area (Å²) in [5, 5.41) is 8.56. The van der Waals surface area contributed by atoms with Crippen molar-refractivity contribution in [3.8, 4) is 0 Å². The number of allylic oxidation sites excluding steroid dienone is 1. The molecule has 1 N–H and O–H groups in total. The fourth-order valence-electron chi connectivity index (χ4n) is 0.641. The predicted molar refractivity (Wildman–Crippen MR) is 40.8 cm³/mol. The minimum Gasteiger partial charge on any atom is -0.481 e. The van der Waals surface area contributed by atoms with E-state index in [4.69, 9.17) is 5.11 Å². The van der Waals surface area contributed by atoms with Crippen LogP contribution in [0.15, 0.2) is 12.2 Å². The molecule has 0 rings (SSSR count). The highest BCUT2D eigenvalue weighted by Gasteiger charge is 2.18. The van der Waals surface area contributed by atoms with Gasteiger partial charge in [0.15, 0.2) is 0 Å². The largest absolute Gasteiger partial charge is 0.481 e. The highest BCUT2D eigenvalue weighted by molar-refractivity contribution is 5.70. The second-order valence-electron chi connectivity index (χ2n) is 2.76. The van der Waals surface area contributed by atoms with Gasteiger partial charge < -0.3 is 5.11 Å². The highest BCUT2D eigenvalue weighted by atomic mass is 16.4. The molecule has 2 heteroatoms. The maximum Gasteiger partial charge on any atom is 0.306 e. The van der Waals surface area contributed by atoms with Gasteiger partial charge >= 0.3 is 5.97 Å². The van der Waals surface area contributed by atoms with E-state index in [1.54, 1.807) is 6.92 Å². The molecule has 2 nitrogen and oxygen atoms in total. The van der Waals surface area contributed by atoms with Crippen molar-refractivity contribution in [1.82, 2.24) is 0 Å². The number of rotatable bonds is 3. The van der Waals surface area contributed by atoms with Crippen molar-refractivity contribution in [2.24, 2.45) is 11.8 Å². The van der Waals surface area contributed by atoms with E-state index in [0.717, 1.165) is 5.57 Å². The molecule has 0 aromatic rings. The van der Waals surface area contributed by atoms with Crippen molar-refractivity contribution in [3.63, 3.8) is 0 Å². The zero-order valence-electron chi connectivity index (χ0n) is 6.72. The lowest BCUT2D eigenvalue weighted by atomic mass is 9.91. The summed E-state index contributed by atoms with van der Waals surface area (Å²) in [6.07, 6.45) is 0. The molecule has 0 aliphatic rings. The van der Waals surface area contributed by atoms with E-state index in [0.29, 0.717) is 0 Å². The summed E-state index contributed by atoms with van der Waals surface area (Å²) in [5.74, 6) is -1.01. The van der Waals surface area contributed by atoms with Crippen molar-refractivity contribution in [2.75, 3.05) is 0 Å². The fraction of sp³-hybridized carbons (Fsp3) is 0.625. The first kappa shape index (κ1) is 9.21. The van der Waals surface area contributed by atoms with Crippen LogP contribution in [0.25, 0.3) is 0 Å². The number of hydrogen-bond donors (Lipinski definition) is 1. The topological polar surface area (TPSA) is 37.3 Å². The Hall–Kier alpha value is -0.790. The molecule has 0 saturated carbocycles. The Kier molecular flexibility index (Phi) is 3.13. The van der Waals surface area contributed by atoms with E-state index in [1.807, 2.05) is 13.8 Å². The third-order valence-corrected chi connectivity index (χ3v) is 1.92. The Labute approximate surface area is 61.6 Å². The predicted octanol–water partition coefficient (Wildman–Crippen LogP) is 1.92. The van der Waals surface area contributed by atoms with Crippen LogP contribution in [0.5, 0.6) is 0 Å². The highest BCUT2D eigenvalue weighted by Crippen LogP contribution is 2.17. The van der Waals surface area contributed by atoms with Gasteiger partial charge in [-0.2, -0.15) is 0 Å². The molecule has 2 atom stereocenters. The van der Waals surface area contributed by atoms with Crippen molar-refractivity contribution in [2.45, 2.75) is 20.8 Å². The third kappa shape index (κ3) is 2.21. The summed E-state index contributed by atoms with van der Waals surface area (Å²) >= 11 is 0. The molecule has 0 saturated heterocycles. The average molecular weight is 142 g/mol. The molecule has 10 heavy (non-hydrogen) atoms. The van der Waals surface area contributed by atoms with Crippen molar-refractivity contribution < 1.29 is 9.90 Å². The van der Waals surface area contributed by atoms with E-state index in [9.17, 15) is 4.79 Å². The molecule has 0 aliphatic carbocycles. The molecule has 0 bridgehead atoms. The lowest BCUT2D eigenvalue weighted by Crippen LogP contribution is -2.18. The normalized spacial score (nSPS) is 15.9. The molecule has 0 unspecified atom stereocenters. The summed E-state index contributed by atoms with van der Waals surface area (Å²) in [6.45, 7) is 9.12. The first-order valence-corrected chi connectivity index (χ1v) is 3.35. The molecular formula is C8H14O2. The number of aliphatic carboxylic acids is 1. The van der Waals surface area contributed by atoms with Crippen molar-refractivity contribution in [1.29, 1.82) is 0 Å². The first-order valence-electron chi connectivity index (χ1n) is 3.35. The summed E-state index contributed by atoms with van der Waals surface area (Å²) in [6, 6.07) is 0. The van der Waals surface area contributed by atoms with Crippen molar-refractivity contribution >= 4 is 5.97 Å². The SMILES string of the molecule is C=C(C)[C@H](C)[C@@H](C)C(=O)O. The monoisotopic (exact) mass is 142 g/mol. The van der Waals surface area contributed by atoms with Crippen LogP contribution in [-0.2, 0) is 4.79 Å². The molecule has 0 fully saturated rings. The van der Waals surface area contributed by atoms with Crippen molar-refractivity contribution in [3.05, 3.63) is 12.2 Å². The summed E-state index contributed by atoms with van der Waals surface area (Å²) < 4.78 is 0. The first-order chi connectivity index (χ1) is 4.46. The van der Waals surface area contributed by atoms with Gasteiger partial charge in [-0.1, -0.05) is 26.0 Å². The van der Waals surface area contributed by atoms with E-state index in [1.165, 1.54) is 0 Å². The van der Waals surface area contributed by atoms with E-state index in [2.05, 4.69) is 6.58 Å². The smallest absolute Gasteiger partial charge is 0.306 e. The van der Waals surface area contributed by atoms with Crippen LogP contribution in [0.2, 0.25) is 0 Å². The average Bonchev–Trinajstić information content (AvgIpc) is 1.84. The molecule has 0 aliphatic heterocycles. The van der Waals surface area contributed by atoms with Crippen LogP contribution < -0.4 is 0 Å². The zero-order chi connectivity index (χ0) is 8.31. The molecule has 0 spiro atoms. The van der Waals surface area contributed by atoms with Crippen LogP contribution in [0.4, 0.5) is 0 Å². The second kappa shape index (κ2) is 3.40. The fourth-order valence-corrected chi connectivity index (χ4v) is 0.641. The van der Waals surface area contributed by atoms with Gasteiger partial charge in [0.2, 0.25) is 0 Å². The second-order valence-corrected chi connectivity index (χ2v) is 2.76. The Bertz CT molecular complexity index is 131. The lowest BCUT2D eigenvalue weighted by molar-refractivity contribution is -0.142. The van der Waals surface area contributed by atoms with Gasteiger partial charge in [0, 0.05) is 0 Å². The Morgan fingerprint density at radius 1 is 1.40 bits per heavy atom. The number of carboxylic acids is 1. The summed E-state index contributed by atoms with van der Waals surface area (Å²) in [7, 11) is 0. The van der Waals surface area contributed by atoms with Gasteiger partial charge in [-0.25, -0.2) is 0 Å². The molecule has 0 radical (unpaired) electrons. The molecule has 0 amide bonds. The van der Waals surface area contributed by atoms with E-state index < -0.39 is 5.97 Å². The lowest BCUT2D eigenvalue weighted by Gasteiger charge is -2.14. The molecule has 58 valence electrons. The van der Waals surface area contributed by atoms with Gasteiger partial charge in [0.1, 0.15) is 0 Å². The van der Waals surface area contributed by atoms with Gasteiger partial charge in [-0.05, 0) is 12.8 Å². The van der Waals surface area contributed by atoms with Crippen LogP contribution in [0, 0.1) is 11.8 Å². The summed E-state index contributed by atoms with van der Waals surface area (Å²) in [4.78, 5) is 10.4. The molecule has 0 heterocycles. The third-order valence-electron chi connectivity index (χ3n) is 1.92. The quantitative estimate of drug-likeness (QED) is 0.611. The van der Waals surface area contributed by atoms with Gasteiger partial charge in [0.05, 0.1) is 5.92 Å². The summed E-state index contributed by atoms with van der Waals surface area (Å²) in [5.41, 5.74) is 0.926. The van der Waals surface area contributed by atoms with E-state index >= 15 is 0 Å². The van der Waals surface area contributed by atoms with Gasteiger partial charge in [-0.3, -0.25) is 4.79 Å². The number of carboxylic acid groups (broad SMARTS) is 1. The number of carbonyl (C=O) groups is 1. The maximum atomic E-state index is 10.4. The standard InChI is InChI=1S/C8H14O2/c1-5(2)6(3)7(4)8(9)10/h6-7H,1H2,2-4H3,(H,9,10)/t6-,7+/m0/s1. The number of hydrogen-bond acceptors (Lipinski definition) is 1. The van der Waals surface area contributed by atoms with E-state index in [-0.39, 0.29) is 11.8 Å². The van der Waals surface area contributed by atoms with Gasteiger partial charge in [-0.15, -0.1) is 0 Å². The minimum absolute atomic E-state index is 0.0671. The molecule has 0 aromatic heterocycles. The van der Waals surface area contributed by atoms with Crippen LogP contribution in [0.1, 0.15) is 20.8 Å². The van der Waals surface area contributed by atoms with Crippen LogP contribution in [0.3, 0.4) is 0 Å². The molecular weight excluding hydrogens is 128 g/mol. The Morgan fingerprint density at radius 3 is 1.90 bits per heavy atom. The van der Waals surface area contributed by atoms with Crippen LogP contribution >= 0.6 is 0 Å². The molecule has 0 aromatic carbocycles. The Morgan fingerprint density at radius 2 is 1.80 bits per heavy atom. The minimum atomic E-state index is -0.754. The zero-order valence-corrected chi connectivity index (χ0v) is 6.72. The van der Waals surface area contributed by atoms with Gasteiger partial charge in [0.25, 0.3) is 0 Å². The van der Waals surface area contributed by atoms with Crippen LogP contribution in [-0.4, -0.2) is 11.1 Å².